The van der Waals surface area contributed by atoms with Gasteiger partial charge in [0.25, 0.3) is 11.8 Å². The average Bonchev–Trinajstić information content (AvgIpc) is 3.55. The number of aryl methyl sites for hydroxylation is 1. The van der Waals surface area contributed by atoms with Gasteiger partial charge in [0.1, 0.15) is 33.9 Å². The number of carbonyl (C=O) groups excluding carboxylic acids is 4. The Labute approximate surface area is 255 Å². The molecule has 42 heavy (non-hydrogen) atoms. The molecule has 2 fully saturated rings. The van der Waals surface area contributed by atoms with Crippen molar-refractivity contribution < 1.29 is 38.6 Å². The smallest absolute Gasteiger partial charge is 0.431 e. The summed E-state index contributed by atoms with van der Waals surface area (Å²) in [6.45, 7) is 3.20. The zero-order chi connectivity index (χ0) is 30.0. The number of hydrogen-bond acceptors (Lipinski definition) is 17. The summed E-state index contributed by atoms with van der Waals surface area (Å²) >= 11 is 5.14. The van der Waals surface area contributed by atoms with Gasteiger partial charge in [-0.2, -0.15) is 0 Å². The highest BCUT2D eigenvalue weighted by Gasteiger charge is 2.55. The normalized spacial score (nSPS) is 21.1. The zero-order valence-corrected chi connectivity index (χ0v) is 25.4. The Kier molecular flexibility index (Phi) is 9.19. The Balaban J connectivity index is 1.30. The molecule has 1 saturated heterocycles. The maximum atomic E-state index is 13.4. The molecule has 0 bridgehead atoms. The molecule has 2 aromatic rings. The van der Waals surface area contributed by atoms with Crippen LogP contribution in [0.25, 0.3) is 0 Å². The summed E-state index contributed by atoms with van der Waals surface area (Å²) < 4.78 is 16.3. The maximum Gasteiger partial charge on any atom is 0.511 e. The SMILES string of the molecule is Cc1nnc(SCC2=C(C(=O)OC(C)OC(=O)OC3CCC3)N3C(=O)[C@@H](NC(=O)/C(=N\O)c4csc(N)n4)[C@H]3SC2)s1. The van der Waals surface area contributed by atoms with Crippen LogP contribution in [0.2, 0.25) is 0 Å². The molecule has 2 aromatic heterocycles. The molecule has 15 nitrogen and oxygen atoms in total. The monoisotopic (exact) mass is 655 g/mol. The first-order valence-electron chi connectivity index (χ1n) is 12.6. The average molecular weight is 656 g/mol. The lowest BCUT2D eigenvalue weighted by atomic mass is 9.96. The summed E-state index contributed by atoms with van der Waals surface area (Å²) in [7, 11) is 0. The lowest BCUT2D eigenvalue weighted by molar-refractivity contribution is -0.170. The molecule has 224 valence electrons. The van der Waals surface area contributed by atoms with Gasteiger partial charge in [-0.3, -0.25) is 14.5 Å². The number of β-lactam (4-membered cyclic amide) rings is 1. The number of thioether (sulfide) groups is 2. The van der Waals surface area contributed by atoms with E-state index in [1.54, 1.807) is 0 Å². The van der Waals surface area contributed by atoms with Crippen LogP contribution in [0.15, 0.2) is 26.1 Å². The van der Waals surface area contributed by atoms with E-state index in [-0.39, 0.29) is 22.6 Å². The van der Waals surface area contributed by atoms with E-state index < -0.39 is 47.4 Å². The first kappa shape index (κ1) is 30.1. The second-order valence-corrected chi connectivity index (χ2v) is 13.6. The number of fused-ring (bicyclic) bond motifs is 1. The zero-order valence-electron chi connectivity index (χ0n) is 22.2. The molecular formula is C23H25N7O8S4. The van der Waals surface area contributed by atoms with Gasteiger partial charge in [0, 0.05) is 23.8 Å². The van der Waals surface area contributed by atoms with Gasteiger partial charge < -0.3 is 30.5 Å². The fourth-order valence-corrected chi connectivity index (χ4v) is 7.95. The maximum absolute atomic E-state index is 13.4. The highest BCUT2D eigenvalue weighted by atomic mass is 32.2. The van der Waals surface area contributed by atoms with Crippen molar-refractivity contribution in [3.05, 3.63) is 27.4 Å². The van der Waals surface area contributed by atoms with Crippen molar-refractivity contribution >= 4 is 81.0 Å². The van der Waals surface area contributed by atoms with Crippen LogP contribution >= 0.6 is 46.2 Å². The Morgan fingerprint density at radius 2 is 2.10 bits per heavy atom. The molecule has 0 aromatic carbocycles. The van der Waals surface area contributed by atoms with Crippen molar-refractivity contribution in [2.75, 3.05) is 17.2 Å². The largest absolute Gasteiger partial charge is 0.511 e. The number of amides is 2. The third-order valence-electron chi connectivity index (χ3n) is 6.33. The molecule has 1 unspecified atom stereocenters. The molecule has 4 N–H and O–H groups in total. The lowest BCUT2D eigenvalue weighted by Gasteiger charge is -2.49. The van der Waals surface area contributed by atoms with E-state index in [4.69, 9.17) is 19.9 Å². The number of aromatic nitrogens is 3. The van der Waals surface area contributed by atoms with Crippen LogP contribution < -0.4 is 11.1 Å². The number of nitrogens with two attached hydrogens (primary N) is 1. The predicted molar refractivity (Wildman–Crippen MR) is 153 cm³/mol. The van der Waals surface area contributed by atoms with E-state index in [2.05, 4.69) is 25.7 Å². The van der Waals surface area contributed by atoms with Crippen molar-refractivity contribution in [1.82, 2.24) is 25.4 Å². The molecule has 5 rings (SSSR count). The number of nitrogens with zero attached hydrogens (tertiary/aromatic N) is 5. The van der Waals surface area contributed by atoms with Crippen LogP contribution in [0.1, 0.15) is 36.9 Å². The van der Waals surface area contributed by atoms with Crippen molar-refractivity contribution in [2.45, 2.75) is 61.3 Å². The molecule has 2 aliphatic heterocycles. The second kappa shape index (κ2) is 12.8. The number of rotatable bonds is 10. The van der Waals surface area contributed by atoms with Crippen LogP contribution in [0, 0.1) is 6.92 Å². The standard InChI is InChI=1S/C23H25N7O8S4/c1-9-27-28-22(42-9)41-7-11-6-39-19-15(26-17(31)14(29-35)13-8-40-21(24)25-13)18(32)30(19)16(11)20(33)36-10(2)37-23(34)38-12-4-3-5-12/h8,10,12,15,19,35H,3-7H2,1-2H3,(H2,24,25)(H,26,31)/b29-14-/t10?,15-,19-/m1/s1. The lowest BCUT2D eigenvalue weighted by Crippen LogP contribution is -2.71. The van der Waals surface area contributed by atoms with Crippen molar-refractivity contribution in [3.63, 3.8) is 0 Å². The Bertz CT molecular complexity index is 1460. The van der Waals surface area contributed by atoms with Crippen molar-refractivity contribution in [2.24, 2.45) is 5.16 Å². The number of carbonyl (C=O) groups is 4. The number of oxime groups is 1. The molecule has 0 radical (unpaired) electrons. The van der Waals surface area contributed by atoms with E-state index in [9.17, 15) is 24.4 Å². The van der Waals surface area contributed by atoms with Gasteiger partial charge in [0.2, 0.25) is 6.29 Å². The summed E-state index contributed by atoms with van der Waals surface area (Å²) in [5.41, 5.74) is 5.85. The number of nitrogen functional groups attached to an aromatic ring is 1. The third-order valence-corrected chi connectivity index (χ3v) is 10.4. The Hall–Kier alpha value is -3.42. The van der Waals surface area contributed by atoms with Crippen molar-refractivity contribution in [3.8, 4) is 0 Å². The first-order chi connectivity index (χ1) is 20.1. The Morgan fingerprint density at radius 1 is 1.31 bits per heavy atom. The van der Waals surface area contributed by atoms with Gasteiger partial charge in [0.15, 0.2) is 15.2 Å². The summed E-state index contributed by atoms with van der Waals surface area (Å²) in [5.74, 6) is -1.64. The number of hydrogen-bond donors (Lipinski definition) is 3. The van der Waals surface area contributed by atoms with Crippen LogP contribution in [0.3, 0.4) is 0 Å². The third kappa shape index (κ3) is 6.47. The van der Waals surface area contributed by atoms with Gasteiger partial charge in [-0.25, -0.2) is 14.6 Å². The summed E-state index contributed by atoms with van der Waals surface area (Å²) in [5, 5.41) is 24.8. The molecular weight excluding hydrogens is 631 g/mol. The molecule has 2 amide bonds. The van der Waals surface area contributed by atoms with Crippen LogP contribution in [0.4, 0.5) is 9.93 Å². The fourth-order valence-electron chi connectivity index (χ4n) is 4.11. The van der Waals surface area contributed by atoms with Crippen LogP contribution in [0.5, 0.6) is 0 Å². The highest BCUT2D eigenvalue weighted by molar-refractivity contribution is 8.01. The number of esters is 1. The van der Waals surface area contributed by atoms with E-state index >= 15 is 0 Å². The topological polar surface area (TPSA) is 209 Å². The highest BCUT2D eigenvalue weighted by Crippen LogP contribution is 2.42. The predicted octanol–water partition coefficient (Wildman–Crippen LogP) is 2.10. The van der Waals surface area contributed by atoms with E-state index in [1.165, 1.54) is 52.1 Å². The van der Waals surface area contributed by atoms with Crippen molar-refractivity contribution in [1.29, 1.82) is 0 Å². The molecule has 19 heteroatoms. The molecule has 1 saturated carbocycles. The van der Waals surface area contributed by atoms with Gasteiger partial charge in [-0.05, 0) is 31.8 Å². The quantitative estimate of drug-likeness (QED) is 0.0637. The van der Waals surface area contributed by atoms with E-state index in [1.807, 2.05) is 6.92 Å². The molecule has 1 aliphatic carbocycles. The number of nitrogens with one attached hydrogen (secondary N) is 1. The Morgan fingerprint density at radius 3 is 2.71 bits per heavy atom. The summed E-state index contributed by atoms with van der Waals surface area (Å²) in [6, 6.07) is -1.02. The van der Waals surface area contributed by atoms with Gasteiger partial charge in [-0.1, -0.05) is 28.3 Å². The molecule has 4 heterocycles. The fraction of sp³-hybridized carbons (Fsp3) is 0.478. The summed E-state index contributed by atoms with van der Waals surface area (Å²) in [4.78, 5) is 56.8. The minimum Gasteiger partial charge on any atom is -0.431 e. The first-order valence-corrected chi connectivity index (χ1v) is 16.3. The van der Waals surface area contributed by atoms with Gasteiger partial charge in [0.05, 0.1) is 0 Å². The second-order valence-electron chi connectivity index (χ2n) is 9.22. The minimum absolute atomic E-state index is 0.00544. The molecule has 0 spiro atoms. The van der Waals surface area contributed by atoms with E-state index in [0.29, 0.717) is 21.4 Å². The summed E-state index contributed by atoms with van der Waals surface area (Å²) in [6.07, 6.45) is 0.0322. The number of thiazole rings is 1. The number of anilines is 1. The van der Waals surface area contributed by atoms with Crippen LogP contribution in [-0.4, -0.2) is 90.3 Å². The molecule has 3 aliphatic rings. The minimum atomic E-state index is -1.29. The van der Waals surface area contributed by atoms with Gasteiger partial charge >= 0.3 is 12.1 Å². The molecule has 3 atom stereocenters. The van der Waals surface area contributed by atoms with Gasteiger partial charge in [-0.15, -0.1) is 33.3 Å². The number of ether oxygens (including phenoxy) is 3. The van der Waals surface area contributed by atoms with Crippen LogP contribution in [-0.2, 0) is 28.6 Å². The van der Waals surface area contributed by atoms with E-state index in [0.717, 1.165) is 35.6 Å².